The second-order valence-corrected chi connectivity index (χ2v) is 5.96. The molecule has 0 amide bonds. The second-order valence-electron chi connectivity index (χ2n) is 4.19. The van der Waals surface area contributed by atoms with Crippen molar-refractivity contribution >= 4 is 31.9 Å². The molecule has 0 spiro atoms. The molecule has 0 fully saturated rings. The quantitative estimate of drug-likeness (QED) is 0.753. The van der Waals surface area contributed by atoms with Crippen molar-refractivity contribution in [2.75, 3.05) is 0 Å². The predicted molar refractivity (Wildman–Crippen MR) is 78.8 cm³/mol. The van der Waals surface area contributed by atoms with Crippen LogP contribution >= 0.6 is 31.9 Å². The third kappa shape index (κ3) is 3.41. The number of nitrogens with two attached hydrogens (primary N) is 1. The number of hydrogen-bond acceptors (Lipinski definition) is 1. The maximum Gasteiger partial charge on any atom is 0.145 e. The van der Waals surface area contributed by atoms with E-state index < -0.39 is 17.7 Å². The van der Waals surface area contributed by atoms with Crippen molar-refractivity contribution in [2.45, 2.75) is 12.5 Å². The van der Waals surface area contributed by atoms with Gasteiger partial charge in [0.15, 0.2) is 0 Å². The molecule has 5 heteroatoms. The summed E-state index contributed by atoms with van der Waals surface area (Å²) in [5.41, 5.74) is 6.76. The third-order valence-corrected chi connectivity index (χ3v) is 3.96. The lowest BCUT2D eigenvalue weighted by molar-refractivity contribution is 0.521. The Balaban J connectivity index is 2.27. The van der Waals surface area contributed by atoms with Gasteiger partial charge in [0.2, 0.25) is 0 Å². The van der Waals surface area contributed by atoms with E-state index in [2.05, 4.69) is 31.9 Å². The highest BCUT2D eigenvalue weighted by Gasteiger charge is 2.19. The van der Waals surface area contributed by atoms with Crippen molar-refractivity contribution in [1.29, 1.82) is 0 Å². The molecule has 1 atom stereocenters. The van der Waals surface area contributed by atoms with E-state index in [1.807, 2.05) is 24.3 Å². The van der Waals surface area contributed by atoms with E-state index in [0.717, 1.165) is 10.0 Å². The van der Waals surface area contributed by atoms with Crippen molar-refractivity contribution in [1.82, 2.24) is 0 Å². The maximum absolute atomic E-state index is 13.9. The fourth-order valence-corrected chi connectivity index (χ4v) is 2.47. The molecule has 2 aromatic carbocycles. The lowest BCUT2D eigenvalue weighted by Crippen LogP contribution is -2.17. The Hall–Kier alpha value is -0.780. The zero-order valence-corrected chi connectivity index (χ0v) is 13.0. The van der Waals surface area contributed by atoms with Crippen LogP contribution in [0.5, 0.6) is 0 Å². The topological polar surface area (TPSA) is 26.0 Å². The van der Waals surface area contributed by atoms with Crippen LogP contribution < -0.4 is 5.73 Å². The van der Waals surface area contributed by atoms with Crippen molar-refractivity contribution in [3.63, 3.8) is 0 Å². The number of rotatable bonds is 3. The summed E-state index contributed by atoms with van der Waals surface area (Å²) in [7, 11) is 0. The fourth-order valence-electron chi connectivity index (χ4n) is 1.86. The first-order chi connectivity index (χ1) is 8.99. The molecule has 0 saturated heterocycles. The van der Waals surface area contributed by atoms with Gasteiger partial charge in [-0.15, -0.1) is 0 Å². The van der Waals surface area contributed by atoms with Crippen LogP contribution in [0.25, 0.3) is 0 Å². The lowest BCUT2D eigenvalue weighted by atomic mass is 9.99. The highest BCUT2D eigenvalue weighted by Crippen LogP contribution is 2.27. The van der Waals surface area contributed by atoms with Crippen molar-refractivity contribution in [2.24, 2.45) is 5.73 Å². The smallest absolute Gasteiger partial charge is 0.145 e. The molecule has 100 valence electrons. The minimum absolute atomic E-state index is 0.0858. The van der Waals surface area contributed by atoms with E-state index in [1.165, 1.54) is 12.1 Å². The summed E-state index contributed by atoms with van der Waals surface area (Å²) >= 11 is 6.37. The summed E-state index contributed by atoms with van der Waals surface area (Å²) in [6, 6.07) is 9.31. The van der Waals surface area contributed by atoms with Gasteiger partial charge in [0.05, 0.1) is 4.47 Å². The number of benzene rings is 2. The van der Waals surface area contributed by atoms with E-state index in [4.69, 9.17) is 5.73 Å². The van der Waals surface area contributed by atoms with Gasteiger partial charge in [-0.2, -0.15) is 0 Å². The van der Waals surface area contributed by atoms with Gasteiger partial charge in [0.1, 0.15) is 11.6 Å². The Bertz CT molecular complexity index is 585. The minimum Gasteiger partial charge on any atom is -0.323 e. The van der Waals surface area contributed by atoms with Gasteiger partial charge in [-0.1, -0.05) is 28.1 Å². The first-order valence-corrected chi connectivity index (χ1v) is 7.21. The van der Waals surface area contributed by atoms with Crippen molar-refractivity contribution in [3.05, 3.63) is 68.1 Å². The Morgan fingerprint density at radius 1 is 1.00 bits per heavy atom. The minimum atomic E-state index is -0.723. The molecule has 0 aliphatic carbocycles. The van der Waals surface area contributed by atoms with Crippen LogP contribution in [-0.2, 0) is 6.42 Å². The third-order valence-electron chi connectivity index (χ3n) is 2.82. The Labute approximate surface area is 127 Å². The summed E-state index contributed by atoms with van der Waals surface area (Å²) < 4.78 is 28.8. The molecule has 2 N–H and O–H groups in total. The van der Waals surface area contributed by atoms with Gasteiger partial charge in [-0.3, -0.25) is 0 Å². The van der Waals surface area contributed by atoms with Crippen LogP contribution in [0.4, 0.5) is 8.78 Å². The largest absolute Gasteiger partial charge is 0.323 e. The predicted octanol–water partition coefficient (Wildman–Crippen LogP) is 4.73. The van der Waals surface area contributed by atoms with Gasteiger partial charge in [0, 0.05) is 16.1 Å². The van der Waals surface area contributed by atoms with E-state index in [0.29, 0.717) is 6.42 Å². The van der Waals surface area contributed by atoms with Gasteiger partial charge in [0.25, 0.3) is 0 Å². The van der Waals surface area contributed by atoms with E-state index >= 15 is 0 Å². The first kappa shape index (κ1) is 14.6. The molecule has 2 aromatic rings. The van der Waals surface area contributed by atoms with Crippen LogP contribution in [0.3, 0.4) is 0 Å². The van der Waals surface area contributed by atoms with Gasteiger partial charge in [-0.05, 0) is 52.2 Å². The van der Waals surface area contributed by atoms with Crippen LogP contribution in [0.1, 0.15) is 17.2 Å². The highest BCUT2D eigenvalue weighted by molar-refractivity contribution is 9.10. The molecular formula is C14H11Br2F2N. The zero-order valence-electron chi connectivity index (χ0n) is 9.84. The Morgan fingerprint density at radius 3 is 2.26 bits per heavy atom. The molecule has 0 aliphatic heterocycles. The second kappa shape index (κ2) is 6.11. The molecule has 2 rings (SSSR count). The van der Waals surface area contributed by atoms with Gasteiger partial charge in [-0.25, -0.2) is 8.78 Å². The first-order valence-electron chi connectivity index (χ1n) is 5.62. The monoisotopic (exact) mass is 389 g/mol. The van der Waals surface area contributed by atoms with Gasteiger partial charge < -0.3 is 5.73 Å². The summed E-state index contributed by atoms with van der Waals surface area (Å²) in [5.74, 6) is -1.25. The molecule has 1 nitrogen and oxygen atoms in total. The molecule has 1 unspecified atom stereocenters. The fraction of sp³-hybridized carbons (Fsp3) is 0.143. The van der Waals surface area contributed by atoms with E-state index in [9.17, 15) is 8.78 Å². The molecule has 0 aromatic heterocycles. The van der Waals surface area contributed by atoms with Crippen LogP contribution in [0.2, 0.25) is 0 Å². The average Bonchev–Trinajstić information content (AvgIpc) is 2.37. The molecular weight excluding hydrogens is 380 g/mol. The van der Waals surface area contributed by atoms with E-state index in [-0.39, 0.29) is 10.0 Å². The van der Waals surface area contributed by atoms with Crippen molar-refractivity contribution < 1.29 is 8.78 Å². The van der Waals surface area contributed by atoms with Crippen LogP contribution in [0.15, 0.2) is 45.3 Å². The maximum atomic E-state index is 13.9. The normalized spacial score (nSPS) is 12.5. The SMILES string of the molecule is NC(Cc1ccc(Br)cc1)c1c(F)ccc(Br)c1F. The Kier molecular flexibility index (Phi) is 4.71. The van der Waals surface area contributed by atoms with Crippen LogP contribution in [0, 0.1) is 11.6 Å². The Morgan fingerprint density at radius 2 is 1.63 bits per heavy atom. The lowest BCUT2D eigenvalue weighted by Gasteiger charge is -2.15. The molecule has 0 aliphatic rings. The zero-order chi connectivity index (χ0) is 14.0. The van der Waals surface area contributed by atoms with Crippen LogP contribution in [-0.4, -0.2) is 0 Å². The highest BCUT2D eigenvalue weighted by atomic mass is 79.9. The summed E-state index contributed by atoms with van der Waals surface area (Å²) in [5, 5.41) is 0. The molecule has 0 radical (unpaired) electrons. The molecule has 0 bridgehead atoms. The standard InChI is InChI=1S/C14H11Br2F2N/c15-9-3-1-8(2-4-9)7-12(19)13-11(17)6-5-10(16)14(13)18/h1-6,12H,7,19H2. The van der Waals surface area contributed by atoms with E-state index in [1.54, 1.807) is 0 Å². The molecule has 0 heterocycles. The molecule has 0 saturated carbocycles. The number of halogens is 4. The average molecular weight is 391 g/mol. The molecule has 19 heavy (non-hydrogen) atoms. The summed E-state index contributed by atoms with van der Waals surface area (Å²) in [6.07, 6.45) is 0.373. The van der Waals surface area contributed by atoms with Crippen molar-refractivity contribution in [3.8, 4) is 0 Å². The summed E-state index contributed by atoms with van der Waals surface area (Å²) in [6.45, 7) is 0. The van der Waals surface area contributed by atoms with Gasteiger partial charge >= 0.3 is 0 Å². The number of hydrogen-bond donors (Lipinski definition) is 1. The summed E-state index contributed by atoms with van der Waals surface area (Å²) in [4.78, 5) is 0.